The Bertz CT molecular complexity index is 656. The van der Waals surface area contributed by atoms with Crippen LogP contribution in [0, 0.1) is 16.0 Å². The number of carbonyl (C=O) groups is 1. The number of hydrogen-bond donors (Lipinski definition) is 0. The van der Waals surface area contributed by atoms with E-state index < -0.39 is 5.41 Å². The number of Topliss-reactive ketones (excluding diaryl/α,β-unsaturated/α-hetero) is 1. The van der Waals surface area contributed by atoms with E-state index in [1.54, 1.807) is 0 Å². The molecule has 1 saturated carbocycles. The molecule has 1 fully saturated rings. The summed E-state index contributed by atoms with van der Waals surface area (Å²) >= 11 is 0. The molecule has 1 aliphatic carbocycles. The normalized spacial score (nSPS) is 20.2. The molecule has 0 aliphatic heterocycles. The zero-order valence-electron chi connectivity index (χ0n) is 12.9. The second kappa shape index (κ2) is 6.32. The van der Waals surface area contributed by atoms with Crippen molar-refractivity contribution in [2.24, 2.45) is 5.92 Å². The third kappa shape index (κ3) is 2.89. The molecule has 2 aromatic carbocycles. The Morgan fingerprint density at radius 3 is 2.00 bits per heavy atom. The monoisotopic (exact) mass is 309 g/mol. The summed E-state index contributed by atoms with van der Waals surface area (Å²) in [5.41, 5.74) is 1.65. The van der Waals surface area contributed by atoms with Crippen LogP contribution in [-0.4, -0.2) is 17.3 Å². The Hall–Kier alpha value is -2.49. The van der Waals surface area contributed by atoms with E-state index >= 15 is 0 Å². The molecule has 4 heteroatoms. The highest BCUT2D eigenvalue weighted by molar-refractivity contribution is 5.80. The van der Waals surface area contributed by atoms with Crippen LogP contribution in [0.4, 0.5) is 0 Å². The summed E-state index contributed by atoms with van der Waals surface area (Å²) in [6.45, 7) is -0.185. The summed E-state index contributed by atoms with van der Waals surface area (Å²) in [5, 5.41) is 11.2. The molecule has 1 aliphatic rings. The largest absolute Gasteiger partial charge is 0.300 e. The van der Waals surface area contributed by atoms with E-state index in [1.807, 2.05) is 60.7 Å². The van der Waals surface area contributed by atoms with Crippen LogP contribution in [0.15, 0.2) is 60.7 Å². The van der Waals surface area contributed by atoms with E-state index in [9.17, 15) is 14.9 Å². The van der Waals surface area contributed by atoms with Gasteiger partial charge in [0.05, 0.1) is 0 Å². The third-order valence-electron chi connectivity index (χ3n) is 4.92. The van der Waals surface area contributed by atoms with Crippen molar-refractivity contribution in [1.82, 2.24) is 0 Å². The molecule has 4 nitrogen and oxygen atoms in total. The first-order valence-corrected chi connectivity index (χ1v) is 7.87. The Morgan fingerprint density at radius 1 is 1.00 bits per heavy atom. The maximum Gasteiger partial charge on any atom is 0.208 e. The number of hydrogen-bond acceptors (Lipinski definition) is 3. The van der Waals surface area contributed by atoms with E-state index in [-0.39, 0.29) is 29.6 Å². The van der Waals surface area contributed by atoms with Gasteiger partial charge in [0.15, 0.2) is 0 Å². The SMILES string of the molecule is O=C1CCC(c2ccccc2)(c2ccccc2)C(C[N+](=O)[O-])C1. The van der Waals surface area contributed by atoms with Crippen molar-refractivity contribution in [2.75, 3.05) is 6.54 Å². The van der Waals surface area contributed by atoms with Gasteiger partial charge in [-0.3, -0.25) is 14.9 Å². The Morgan fingerprint density at radius 2 is 1.52 bits per heavy atom. The molecule has 0 spiro atoms. The van der Waals surface area contributed by atoms with Gasteiger partial charge in [0, 0.05) is 29.1 Å². The minimum atomic E-state index is -0.469. The van der Waals surface area contributed by atoms with Crippen LogP contribution in [0.5, 0.6) is 0 Å². The zero-order valence-corrected chi connectivity index (χ0v) is 12.9. The quantitative estimate of drug-likeness (QED) is 0.640. The van der Waals surface area contributed by atoms with Crippen molar-refractivity contribution >= 4 is 5.78 Å². The summed E-state index contributed by atoms with van der Waals surface area (Å²) in [6.07, 6.45) is 1.36. The molecule has 23 heavy (non-hydrogen) atoms. The predicted molar refractivity (Wildman–Crippen MR) is 87.9 cm³/mol. The van der Waals surface area contributed by atoms with Gasteiger partial charge >= 0.3 is 0 Å². The first-order chi connectivity index (χ1) is 11.1. The maximum absolute atomic E-state index is 12.0. The summed E-state index contributed by atoms with van der Waals surface area (Å²) in [4.78, 5) is 22.9. The van der Waals surface area contributed by atoms with Crippen molar-refractivity contribution in [2.45, 2.75) is 24.7 Å². The van der Waals surface area contributed by atoms with Crippen LogP contribution < -0.4 is 0 Å². The summed E-state index contributed by atoms with van der Waals surface area (Å²) in [6, 6.07) is 19.8. The molecule has 0 N–H and O–H groups in total. The lowest BCUT2D eigenvalue weighted by atomic mass is 9.59. The van der Waals surface area contributed by atoms with Gasteiger partial charge in [-0.1, -0.05) is 60.7 Å². The lowest BCUT2D eigenvalue weighted by molar-refractivity contribution is -0.490. The molecule has 118 valence electrons. The minimum absolute atomic E-state index is 0.124. The Balaban J connectivity index is 2.17. The number of nitro groups is 1. The van der Waals surface area contributed by atoms with Crippen LogP contribution >= 0.6 is 0 Å². The van der Waals surface area contributed by atoms with E-state index in [4.69, 9.17) is 0 Å². The molecule has 0 aromatic heterocycles. The first kappa shape index (κ1) is 15.4. The molecule has 0 heterocycles. The van der Waals surface area contributed by atoms with Crippen molar-refractivity contribution in [1.29, 1.82) is 0 Å². The topological polar surface area (TPSA) is 60.2 Å². The molecular formula is C19H19NO3. The van der Waals surface area contributed by atoms with E-state index in [1.165, 1.54) is 0 Å². The minimum Gasteiger partial charge on any atom is -0.300 e. The number of rotatable bonds is 4. The van der Waals surface area contributed by atoms with Crippen LogP contribution in [0.3, 0.4) is 0 Å². The second-order valence-corrected chi connectivity index (χ2v) is 6.16. The average Bonchev–Trinajstić information content (AvgIpc) is 2.56. The molecule has 0 amide bonds. The highest BCUT2D eigenvalue weighted by atomic mass is 16.6. The first-order valence-electron chi connectivity index (χ1n) is 7.87. The van der Waals surface area contributed by atoms with Crippen molar-refractivity contribution in [3.63, 3.8) is 0 Å². The lowest BCUT2D eigenvalue weighted by Gasteiger charge is -2.43. The molecule has 0 saturated heterocycles. The van der Waals surface area contributed by atoms with Crippen LogP contribution in [0.1, 0.15) is 30.4 Å². The van der Waals surface area contributed by atoms with Crippen molar-refractivity contribution < 1.29 is 9.72 Å². The fraction of sp³-hybridized carbons (Fsp3) is 0.316. The second-order valence-electron chi connectivity index (χ2n) is 6.16. The van der Waals surface area contributed by atoms with Crippen molar-refractivity contribution in [3.8, 4) is 0 Å². The van der Waals surface area contributed by atoms with Gasteiger partial charge in [-0.25, -0.2) is 0 Å². The average molecular weight is 309 g/mol. The summed E-state index contributed by atoms with van der Waals surface area (Å²) in [5.74, 6) is -0.192. The van der Waals surface area contributed by atoms with Crippen LogP contribution in [0.2, 0.25) is 0 Å². The highest BCUT2D eigenvalue weighted by Crippen LogP contribution is 2.47. The lowest BCUT2D eigenvalue weighted by Crippen LogP contribution is -2.45. The van der Waals surface area contributed by atoms with Gasteiger partial charge in [-0.2, -0.15) is 0 Å². The number of ketones is 1. The Labute approximate surface area is 135 Å². The van der Waals surface area contributed by atoms with E-state index in [0.29, 0.717) is 12.8 Å². The number of carbonyl (C=O) groups excluding carboxylic acids is 1. The molecular weight excluding hydrogens is 290 g/mol. The predicted octanol–water partition coefficient (Wildman–Crippen LogP) is 3.62. The highest BCUT2D eigenvalue weighted by Gasteiger charge is 2.47. The van der Waals surface area contributed by atoms with Gasteiger partial charge in [0.25, 0.3) is 0 Å². The molecule has 0 radical (unpaired) electrons. The van der Waals surface area contributed by atoms with Gasteiger partial charge in [-0.15, -0.1) is 0 Å². The van der Waals surface area contributed by atoms with Gasteiger partial charge in [0.2, 0.25) is 6.54 Å². The summed E-state index contributed by atoms with van der Waals surface area (Å²) < 4.78 is 0. The van der Waals surface area contributed by atoms with Gasteiger partial charge in [-0.05, 0) is 17.5 Å². The van der Waals surface area contributed by atoms with Gasteiger partial charge < -0.3 is 0 Å². The van der Waals surface area contributed by atoms with Gasteiger partial charge in [0.1, 0.15) is 5.78 Å². The van der Waals surface area contributed by atoms with Crippen molar-refractivity contribution in [3.05, 3.63) is 81.9 Å². The zero-order chi connectivity index (χ0) is 16.3. The molecule has 2 aromatic rings. The maximum atomic E-state index is 12.0. The standard InChI is InChI=1S/C19H19NO3/c21-18-11-12-19(15-7-3-1-4-8-15,16-9-5-2-6-10-16)17(13-18)14-20(22)23/h1-10,17H,11-14H2. The fourth-order valence-electron chi connectivity index (χ4n) is 3.89. The number of nitrogens with zero attached hydrogens (tertiary/aromatic N) is 1. The summed E-state index contributed by atoms with van der Waals surface area (Å²) in [7, 11) is 0. The molecule has 0 bridgehead atoms. The van der Waals surface area contributed by atoms with E-state index in [2.05, 4.69) is 0 Å². The molecule has 1 unspecified atom stereocenters. The van der Waals surface area contributed by atoms with Crippen LogP contribution in [-0.2, 0) is 10.2 Å². The molecule has 1 atom stereocenters. The Kier molecular flexibility index (Phi) is 4.24. The van der Waals surface area contributed by atoms with E-state index in [0.717, 1.165) is 11.1 Å². The van der Waals surface area contributed by atoms with Crippen LogP contribution in [0.25, 0.3) is 0 Å². The third-order valence-corrected chi connectivity index (χ3v) is 4.92. The number of benzene rings is 2. The smallest absolute Gasteiger partial charge is 0.208 e. The molecule has 3 rings (SSSR count). The fourth-order valence-corrected chi connectivity index (χ4v) is 3.89.